The van der Waals surface area contributed by atoms with Crippen LogP contribution in [0.1, 0.15) is 38.3 Å². The predicted molar refractivity (Wildman–Crippen MR) is 113 cm³/mol. The molecule has 0 bridgehead atoms. The van der Waals surface area contributed by atoms with Gasteiger partial charge < -0.3 is 14.6 Å². The molecule has 1 aromatic heterocycles. The van der Waals surface area contributed by atoms with Crippen molar-refractivity contribution in [3.05, 3.63) is 54.1 Å². The molecule has 0 saturated carbocycles. The van der Waals surface area contributed by atoms with E-state index in [-0.39, 0.29) is 18.2 Å². The number of rotatable bonds is 8. The molecule has 3 rings (SSSR count). The minimum atomic E-state index is -0.442. The molecule has 0 radical (unpaired) electrons. The zero-order valence-corrected chi connectivity index (χ0v) is 16.9. The molecule has 0 fully saturated rings. The van der Waals surface area contributed by atoms with Crippen molar-refractivity contribution in [1.82, 2.24) is 14.9 Å². The van der Waals surface area contributed by atoms with Crippen LogP contribution < -0.4 is 15.4 Å². The number of imidazole rings is 1. The van der Waals surface area contributed by atoms with E-state index in [4.69, 9.17) is 4.74 Å². The van der Waals surface area contributed by atoms with Gasteiger partial charge in [-0.05, 0) is 36.2 Å². The number of hydrogen-bond donors (Lipinski definition) is 2. The Hall–Kier alpha value is -3.35. The average molecular weight is 394 g/mol. The van der Waals surface area contributed by atoms with E-state index in [1.165, 1.54) is 6.92 Å². The molecule has 2 amide bonds. The summed E-state index contributed by atoms with van der Waals surface area (Å²) in [5, 5.41) is 5.77. The van der Waals surface area contributed by atoms with Gasteiger partial charge in [0, 0.05) is 13.5 Å². The fourth-order valence-electron chi connectivity index (χ4n) is 3.32. The lowest BCUT2D eigenvalue weighted by Crippen LogP contribution is -2.30. The van der Waals surface area contributed by atoms with Gasteiger partial charge in [0.05, 0.1) is 30.6 Å². The Bertz CT molecular complexity index is 995. The summed E-state index contributed by atoms with van der Waals surface area (Å²) in [5.41, 5.74) is 2.65. The molecule has 2 aromatic carbocycles. The van der Waals surface area contributed by atoms with Gasteiger partial charge >= 0.3 is 0 Å². The van der Waals surface area contributed by atoms with Crippen LogP contribution >= 0.6 is 0 Å². The van der Waals surface area contributed by atoms with Crippen LogP contribution in [-0.4, -0.2) is 28.5 Å². The first-order valence-electron chi connectivity index (χ1n) is 9.68. The summed E-state index contributed by atoms with van der Waals surface area (Å²) in [6.45, 7) is 4.27. The van der Waals surface area contributed by atoms with Gasteiger partial charge in [0.25, 0.3) is 0 Å². The number of nitrogens with zero attached hydrogens (tertiary/aromatic N) is 2. The third-order valence-electron chi connectivity index (χ3n) is 4.64. The smallest absolute Gasteiger partial charge is 0.229 e. The van der Waals surface area contributed by atoms with E-state index in [1.54, 1.807) is 7.11 Å². The van der Waals surface area contributed by atoms with Gasteiger partial charge in [0.15, 0.2) is 0 Å². The number of fused-ring (bicyclic) bond motifs is 1. The van der Waals surface area contributed by atoms with E-state index >= 15 is 0 Å². The molecule has 0 spiro atoms. The number of nitrogens with one attached hydrogen (secondary N) is 2. The quantitative estimate of drug-likeness (QED) is 0.611. The third kappa shape index (κ3) is 4.93. The number of para-hydroxylation sites is 2. The van der Waals surface area contributed by atoms with Crippen molar-refractivity contribution in [2.45, 2.75) is 39.3 Å². The largest absolute Gasteiger partial charge is 0.497 e. The standard InChI is InChI=1S/C22H26N4O3/c1-4-13-26-20-8-6-5-7-18(20)24-22(26)25-21(28)14-19(23-15(2)27)16-9-11-17(29-3)12-10-16/h5-12,19H,4,13-14H2,1-3H3,(H,23,27)(H,24,25,28). The number of methoxy groups -OCH3 is 1. The van der Waals surface area contributed by atoms with Crippen molar-refractivity contribution in [2.75, 3.05) is 12.4 Å². The molecule has 1 unspecified atom stereocenters. The number of benzene rings is 2. The Morgan fingerprint density at radius 3 is 2.52 bits per heavy atom. The molecule has 0 aliphatic heterocycles. The van der Waals surface area contributed by atoms with Crippen molar-refractivity contribution in [3.8, 4) is 5.75 Å². The normalized spacial score (nSPS) is 11.8. The zero-order chi connectivity index (χ0) is 20.8. The summed E-state index contributed by atoms with van der Waals surface area (Å²) >= 11 is 0. The van der Waals surface area contributed by atoms with Gasteiger partial charge in [-0.3, -0.25) is 14.9 Å². The monoisotopic (exact) mass is 394 g/mol. The first kappa shape index (κ1) is 20.4. The lowest BCUT2D eigenvalue weighted by molar-refractivity contribution is -0.120. The molecule has 152 valence electrons. The van der Waals surface area contributed by atoms with Crippen LogP contribution in [0.15, 0.2) is 48.5 Å². The molecule has 7 nitrogen and oxygen atoms in total. The molecule has 1 heterocycles. The Morgan fingerprint density at radius 1 is 1.14 bits per heavy atom. The Balaban J connectivity index is 1.80. The molecule has 7 heteroatoms. The van der Waals surface area contributed by atoms with Crippen LogP contribution in [0.3, 0.4) is 0 Å². The molecular weight excluding hydrogens is 368 g/mol. The van der Waals surface area contributed by atoms with Crippen LogP contribution in [0.25, 0.3) is 11.0 Å². The first-order chi connectivity index (χ1) is 14.0. The van der Waals surface area contributed by atoms with Crippen molar-refractivity contribution in [3.63, 3.8) is 0 Å². The predicted octanol–water partition coefficient (Wildman–Crippen LogP) is 3.66. The molecule has 29 heavy (non-hydrogen) atoms. The second-order valence-electron chi connectivity index (χ2n) is 6.85. The number of hydrogen-bond acceptors (Lipinski definition) is 4. The number of anilines is 1. The summed E-state index contributed by atoms with van der Waals surface area (Å²) in [4.78, 5) is 29.0. The Kier molecular flexibility index (Phi) is 6.49. The SMILES string of the molecule is CCCn1c(NC(=O)CC(NC(C)=O)c2ccc(OC)cc2)nc2ccccc21. The molecular formula is C22H26N4O3. The zero-order valence-electron chi connectivity index (χ0n) is 16.9. The highest BCUT2D eigenvalue weighted by Gasteiger charge is 2.19. The highest BCUT2D eigenvalue weighted by Crippen LogP contribution is 2.23. The average Bonchev–Trinajstić information content (AvgIpc) is 3.04. The highest BCUT2D eigenvalue weighted by molar-refractivity contribution is 5.92. The number of carbonyl (C=O) groups is 2. The maximum Gasteiger partial charge on any atom is 0.229 e. The van der Waals surface area contributed by atoms with Crippen LogP contribution in [0.5, 0.6) is 5.75 Å². The lowest BCUT2D eigenvalue weighted by Gasteiger charge is -2.18. The number of carbonyl (C=O) groups excluding carboxylic acids is 2. The van der Waals surface area contributed by atoms with Crippen LogP contribution in [0.4, 0.5) is 5.95 Å². The Morgan fingerprint density at radius 2 is 1.86 bits per heavy atom. The summed E-state index contributed by atoms with van der Waals surface area (Å²) < 4.78 is 7.19. The fourth-order valence-corrected chi connectivity index (χ4v) is 3.32. The minimum Gasteiger partial charge on any atom is -0.497 e. The lowest BCUT2D eigenvalue weighted by atomic mass is 10.0. The molecule has 0 aliphatic carbocycles. The van der Waals surface area contributed by atoms with Gasteiger partial charge in [-0.25, -0.2) is 4.98 Å². The van der Waals surface area contributed by atoms with Gasteiger partial charge in [-0.2, -0.15) is 0 Å². The minimum absolute atomic E-state index is 0.0985. The summed E-state index contributed by atoms with van der Waals surface area (Å²) in [5.74, 6) is 0.825. The van der Waals surface area contributed by atoms with E-state index < -0.39 is 6.04 Å². The van der Waals surface area contributed by atoms with Crippen LogP contribution in [0.2, 0.25) is 0 Å². The number of amides is 2. The van der Waals surface area contributed by atoms with E-state index in [1.807, 2.05) is 53.1 Å². The molecule has 2 N–H and O–H groups in total. The Labute approximate surface area is 170 Å². The first-order valence-corrected chi connectivity index (χ1v) is 9.68. The van der Waals surface area contributed by atoms with E-state index in [2.05, 4.69) is 22.5 Å². The number of ether oxygens (including phenoxy) is 1. The number of aromatic nitrogens is 2. The molecule has 0 aliphatic rings. The second kappa shape index (κ2) is 9.23. The van der Waals surface area contributed by atoms with Crippen molar-refractivity contribution in [1.29, 1.82) is 0 Å². The van der Waals surface area contributed by atoms with Crippen molar-refractivity contribution in [2.24, 2.45) is 0 Å². The summed E-state index contributed by atoms with van der Waals surface area (Å²) in [6.07, 6.45) is 1.02. The van der Waals surface area contributed by atoms with E-state index in [9.17, 15) is 9.59 Å². The van der Waals surface area contributed by atoms with Crippen molar-refractivity contribution < 1.29 is 14.3 Å². The van der Waals surface area contributed by atoms with Gasteiger partial charge in [-0.15, -0.1) is 0 Å². The summed E-state index contributed by atoms with van der Waals surface area (Å²) in [7, 11) is 1.59. The maximum absolute atomic E-state index is 12.8. The highest BCUT2D eigenvalue weighted by atomic mass is 16.5. The van der Waals surface area contributed by atoms with Crippen molar-refractivity contribution >= 4 is 28.8 Å². The fraction of sp³-hybridized carbons (Fsp3) is 0.318. The number of aryl methyl sites for hydroxylation is 1. The molecule has 0 saturated heterocycles. The van der Waals surface area contributed by atoms with E-state index in [0.717, 1.165) is 29.6 Å². The third-order valence-corrected chi connectivity index (χ3v) is 4.64. The van der Waals surface area contributed by atoms with Gasteiger partial charge in [0.1, 0.15) is 5.75 Å². The second-order valence-corrected chi connectivity index (χ2v) is 6.85. The molecule has 1 atom stereocenters. The van der Waals surface area contributed by atoms with Gasteiger partial charge in [0.2, 0.25) is 17.8 Å². The van der Waals surface area contributed by atoms with Gasteiger partial charge in [-0.1, -0.05) is 31.2 Å². The van der Waals surface area contributed by atoms with E-state index in [0.29, 0.717) is 11.7 Å². The maximum atomic E-state index is 12.8. The summed E-state index contributed by atoms with van der Waals surface area (Å²) in [6, 6.07) is 14.7. The van der Waals surface area contributed by atoms with Crippen LogP contribution in [-0.2, 0) is 16.1 Å². The molecule has 3 aromatic rings. The van der Waals surface area contributed by atoms with Crippen LogP contribution in [0, 0.1) is 0 Å². The topological polar surface area (TPSA) is 85.2 Å².